The van der Waals surface area contributed by atoms with Gasteiger partial charge in [0.25, 0.3) is 0 Å². The fourth-order valence-electron chi connectivity index (χ4n) is 2.15. The van der Waals surface area contributed by atoms with Crippen LogP contribution in [0.2, 0.25) is 0 Å². The van der Waals surface area contributed by atoms with Crippen molar-refractivity contribution in [2.45, 2.75) is 38.5 Å². The van der Waals surface area contributed by atoms with Crippen LogP contribution in [0.1, 0.15) is 26.2 Å². The first kappa shape index (κ1) is 9.44. The van der Waals surface area contributed by atoms with Crippen molar-refractivity contribution in [1.82, 2.24) is 10.2 Å². The molecule has 0 saturated carbocycles. The largest absolute Gasteiger partial charge is 0.359 e. The van der Waals surface area contributed by atoms with Gasteiger partial charge in [-0.3, -0.25) is 5.32 Å². The molecule has 2 aliphatic rings. The molecular formula is C10H20N2O. The van der Waals surface area contributed by atoms with E-state index in [1.165, 1.54) is 32.5 Å². The molecule has 0 spiro atoms. The molecule has 1 N–H and O–H groups in total. The van der Waals surface area contributed by atoms with Crippen molar-refractivity contribution in [2.24, 2.45) is 0 Å². The maximum absolute atomic E-state index is 5.68. The van der Waals surface area contributed by atoms with Crippen LogP contribution in [0.25, 0.3) is 0 Å². The van der Waals surface area contributed by atoms with Crippen LogP contribution in [0.4, 0.5) is 0 Å². The molecule has 0 radical (unpaired) electrons. The number of nitrogens with zero attached hydrogens (tertiary/aromatic N) is 1. The van der Waals surface area contributed by atoms with Gasteiger partial charge in [0.15, 0.2) is 0 Å². The average Bonchev–Trinajstić information content (AvgIpc) is 2.71. The third-order valence-electron chi connectivity index (χ3n) is 2.94. The summed E-state index contributed by atoms with van der Waals surface area (Å²) in [6, 6.07) is 0. The van der Waals surface area contributed by atoms with Gasteiger partial charge in [-0.2, -0.15) is 0 Å². The maximum atomic E-state index is 5.68. The zero-order chi connectivity index (χ0) is 9.10. The van der Waals surface area contributed by atoms with E-state index in [4.69, 9.17) is 4.74 Å². The molecule has 3 heteroatoms. The minimum Gasteiger partial charge on any atom is -0.359 e. The van der Waals surface area contributed by atoms with Gasteiger partial charge >= 0.3 is 0 Å². The molecule has 2 saturated heterocycles. The van der Waals surface area contributed by atoms with E-state index >= 15 is 0 Å². The van der Waals surface area contributed by atoms with E-state index in [0.717, 1.165) is 13.0 Å². The summed E-state index contributed by atoms with van der Waals surface area (Å²) in [5.41, 5.74) is 0. The lowest BCUT2D eigenvalue weighted by molar-refractivity contribution is 0.0407. The van der Waals surface area contributed by atoms with Crippen molar-refractivity contribution in [2.75, 3.05) is 26.2 Å². The van der Waals surface area contributed by atoms with Crippen LogP contribution in [0.15, 0.2) is 0 Å². The Morgan fingerprint density at radius 2 is 2.15 bits per heavy atom. The standard InChI is InChI=1S/C10H20N2O/c1-9-8-11-10(13-9)4-7-12-5-2-3-6-12/h9-11H,2-8H2,1H3. The first-order valence-electron chi connectivity index (χ1n) is 5.46. The highest BCUT2D eigenvalue weighted by Crippen LogP contribution is 2.11. The predicted octanol–water partition coefficient (Wildman–Crippen LogP) is 0.807. The normalized spacial score (nSPS) is 35.8. The number of likely N-dealkylation sites (tertiary alicyclic amines) is 1. The smallest absolute Gasteiger partial charge is 0.109 e. The number of hydrogen-bond donors (Lipinski definition) is 1. The summed E-state index contributed by atoms with van der Waals surface area (Å²) < 4.78 is 5.68. The van der Waals surface area contributed by atoms with E-state index < -0.39 is 0 Å². The summed E-state index contributed by atoms with van der Waals surface area (Å²) in [4.78, 5) is 2.54. The lowest BCUT2D eigenvalue weighted by Crippen LogP contribution is -2.29. The number of rotatable bonds is 3. The molecule has 0 aromatic carbocycles. The lowest BCUT2D eigenvalue weighted by Gasteiger charge is -2.17. The Labute approximate surface area is 80.4 Å². The summed E-state index contributed by atoms with van der Waals surface area (Å²) in [6.45, 7) is 6.93. The zero-order valence-electron chi connectivity index (χ0n) is 8.46. The van der Waals surface area contributed by atoms with Crippen molar-refractivity contribution in [3.63, 3.8) is 0 Å². The van der Waals surface area contributed by atoms with Crippen molar-refractivity contribution in [3.05, 3.63) is 0 Å². The van der Waals surface area contributed by atoms with Crippen LogP contribution in [0.5, 0.6) is 0 Å². The number of hydrogen-bond acceptors (Lipinski definition) is 3. The molecule has 0 amide bonds. The van der Waals surface area contributed by atoms with E-state index in [1.807, 2.05) is 0 Å². The molecule has 76 valence electrons. The second-order valence-electron chi connectivity index (χ2n) is 4.18. The molecule has 2 fully saturated rings. The summed E-state index contributed by atoms with van der Waals surface area (Å²) >= 11 is 0. The molecule has 2 atom stereocenters. The van der Waals surface area contributed by atoms with Gasteiger partial charge in [0.2, 0.25) is 0 Å². The minimum atomic E-state index is 0.315. The molecular weight excluding hydrogens is 164 g/mol. The summed E-state index contributed by atoms with van der Waals surface area (Å²) in [6.07, 6.45) is 4.63. The fraction of sp³-hybridized carbons (Fsp3) is 1.00. The average molecular weight is 184 g/mol. The number of nitrogens with one attached hydrogen (secondary N) is 1. The monoisotopic (exact) mass is 184 g/mol. The predicted molar refractivity (Wildman–Crippen MR) is 52.6 cm³/mol. The van der Waals surface area contributed by atoms with E-state index in [0.29, 0.717) is 12.3 Å². The second-order valence-corrected chi connectivity index (χ2v) is 4.18. The summed E-state index contributed by atoms with van der Waals surface area (Å²) in [7, 11) is 0. The molecule has 0 aromatic heterocycles. The van der Waals surface area contributed by atoms with E-state index in [1.54, 1.807) is 0 Å². The summed E-state index contributed by atoms with van der Waals surface area (Å²) in [5, 5.41) is 3.38. The van der Waals surface area contributed by atoms with Gasteiger partial charge in [0.1, 0.15) is 6.23 Å². The Balaban J connectivity index is 1.62. The fourth-order valence-corrected chi connectivity index (χ4v) is 2.15. The molecule has 3 nitrogen and oxygen atoms in total. The Bertz CT molecular complexity index is 157. The number of ether oxygens (including phenoxy) is 1. The van der Waals surface area contributed by atoms with Gasteiger partial charge < -0.3 is 9.64 Å². The van der Waals surface area contributed by atoms with Crippen LogP contribution in [0, 0.1) is 0 Å². The van der Waals surface area contributed by atoms with Crippen molar-refractivity contribution < 1.29 is 4.74 Å². The summed E-state index contributed by atoms with van der Waals surface area (Å²) in [5.74, 6) is 0. The van der Waals surface area contributed by atoms with E-state index in [2.05, 4.69) is 17.1 Å². The molecule has 2 aliphatic heterocycles. The zero-order valence-corrected chi connectivity index (χ0v) is 8.46. The van der Waals surface area contributed by atoms with Crippen LogP contribution in [-0.2, 0) is 4.74 Å². The Hall–Kier alpha value is -0.120. The molecule has 2 heterocycles. The lowest BCUT2D eigenvalue weighted by atomic mass is 10.3. The highest BCUT2D eigenvalue weighted by molar-refractivity contribution is 4.73. The van der Waals surface area contributed by atoms with Crippen LogP contribution >= 0.6 is 0 Å². The van der Waals surface area contributed by atoms with Gasteiger partial charge in [0, 0.05) is 13.1 Å². The molecule has 2 unspecified atom stereocenters. The maximum Gasteiger partial charge on any atom is 0.109 e. The Kier molecular flexibility index (Phi) is 3.19. The third kappa shape index (κ3) is 2.66. The molecule has 2 rings (SSSR count). The van der Waals surface area contributed by atoms with Gasteiger partial charge in [-0.25, -0.2) is 0 Å². The van der Waals surface area contributed by atoms with Gasteiger partial charge in [-0.1, -0.05) is 0 Å². The van der Waals surface area contributed by atoms with Crippen molar-refractivity contribution >= 4 is 0 Å². The van der Waals surface area contributed by atoms with Crippen LogP contribution in [-0.4, -0.2) is 43.4 Å². The topological polar surface area (TPSA) is 24.5 Å². The SMILES string of the molecule is CC1CNC(CCN2CCCC2)O1. The second kappa shape index (κ2) is 4.40. The van der Waals surface area contributed by atoms with Gasteiger partial charge in [-0.05, 0) is 39.3 Å². The third-order valence-corrected chi connectivity index (χ3v) is 2.94. The van der Waals surface area contributed by atoms with Crippen LogP contribution < -0.4 is 5.32 Å². The highest BCUT2D eigenvalue weighted by atomic mass is 16.5. The molecule has 0 bridgehead atoms. The van der Waals surface area contributed by atoms with Crippen molar-refractivity contribution in [1.29, 1.82) is 0 Å². The molecule has 0 aliphatic carbocycles. The molecule has 13 heavy (non-hydrogen) atoms. The Morgan fingerprint density at radius 1 is 1.38 bits per heavy atom. The highest BCUT2D eigenvalue weighted by Gasteiger charge is 2.21. The van der Waals surface area contributed by atoms with E-state index in [-0.39, 0.29) is 0 Å². The Morgan fingerprint density at radius 3 is 2.77 bits per heavy atom. The molecule has 0 aromatic rings. The first-order valence-corrected chi connectivity index (χ1v) is 5.46. The first-order chi connectivity index (χ1) is 6.34. The minimum absolute atomic E-state index is 0.315. The quantitative estimate of drug-likeness (QED) is 0.702. The van der Waals surface area contributed by atoms with Gasteiger partial charge in [0.05, 0.1) is 6.10 Å². The van der Waals surface area contributed by atoms with Crippen LogP contribution in [0.3, 0.4) is 0 Å². The van der Waals surface area contributed by atoms with Crippen molar-refractivity contribution in [3.8, 4) is 0 Å². The van der Waals surface area contributed by atoms with Gasteiger partial charge in [-0.15, -0.1) is 0 Å². The van der Waals surface area contributed by atoms with E-state index in [9.17, 15) is 0 Å².